The molecule has 3 aromatic rings. The van der Waals surface area contributed by atoms with E-state index in [9.17, 15) is 4.79 Å². The second-order valence-corrected chi connectivity index (χ2v) is 6.35. The minimum atomic E-state index is -0.189. The largest absolute Gasteiger partial charge is 0.438 e. The maximum Gasteiger partial charge on any atom is 0.364 e. The Labute approximate surface area is 148 Å². The van der Waals surface area contributed by atoms with Gasteiger partial charge in [-0.2, -0.15) is 14.5 Å². The predicted octanol–water partition coefficient (Wildman–Crippen LogP) is 2.49. The first kappa shape index (κ1) is 15.9. The molecular formula is C16H17ClN6O2. The summed E-state index contributed by atoms with van der Waals surface area (Å²) in [6, 6.07) is 7.40. The summed E-state index contributed by atoms with van der Waals surface area (Å²) in [5.41, 5.74) is 0.664. The normalized spacial score (nSPS) is 14.0. The van der Waals surface area contributed by atoms with Gasteiger partial charge < -0.3 is 4.74 Å². The second-order valence-electron chi connectivity index (χ2n) is 5.95. The first-order chi connectivity index (χ1) is 12.2. The van der Waals surface area contributed by atoms with E-state index in [1.807, 2.05) is 13.0 Å². The summed E-state index contributed by atoms with van der Waals surface area (Å²) in [4.78, 5) is 12.2. The standard InChI is InChI=1S/C16H17ClN6O2/c1-2-21-15(7-8-18-21)25-14-6-3-11(9-13(14)17)10-22-16(24)23(20-19-22)12-4-5-12/h3,6-9,12H,2,4-5,10H2,1H3. The van der Waals surface area contributed by atoms with Gasteiger partial charge in [0.05, 0.1) is 23.8 Å². The van der Waals surface area contributed by atoms with Crippen molar-refractivity contribution in [2.75, 3.05) is 0 Å². The average Bonchev–Trinajstić information content (AvgIpc) is 3.24. The quantitative estimate of drug-likeness (QED) is 0.674. The van der Waals surface area contributed by atoms with Crippen molar-refractivity contribution in [1.29, 1.82) is 0 Å². The molecule has 0 saturated heterocycles. The van der Waals surface area contributed by atoms with E-state index in [1.54, 1.807) is 29.1 Å². The topological polar surface area (TPSA) is 79.8 Å². The zero-order valence-electron chi connectivity index (χ0n) is 13.7. The Kier molecular flexibility index (Phi) is 4.04. The Balaban J connectivity index is 1.52. The van der Waals surface area contributed by atoms with E-state index in [1.165, 1.54) is 9.36 Å². The monoisotopic (exact) mass is 360 g/mol. The molecule has 0 atom stereocenters. The van der Waals surface area contributed by atoms with Crippen LogP contribution in [0.4, 0.5) is 0 Å². The molecule has 0 unspecified atom stereocenters. The molecule has 0 bridgehead atoms. The SMILES string of the molecule is CCn1nccc1Oc1ccc(Cn2nnn(C3CC3)c2=O)cc1Cl. The van der Waals surface area contributed by atoms with Crippen LogP contribution in [0, 0.1) is 0 Å². The zero-order valence-corrected chi connectivity index (χ0v) is 14.4. The molecule has 1 aliphatic carbocycles. The van der Waals surface area contributed by atoms with Gasteiger partial charge in [0.2, 0.25) is 5.88 Å². The van der Waals surface area contributed by atoms with Crippen LogP contribution in [0.2, 0.25) is 5.02 Å². The van der Waals surface area contributed by atoms with Gasteiger partial charge in [-0.25, -0.2) is 9.48 Å². The molecule has 4 rings (SSSR count). The van der Waals surface area contributed by atoms with Gasteiger partial charge in [0.15, 0.2) is 0 Å². The molecule has 2 heterocycles. The lowest BCUT2D eigenvalue weighted by Gasteiger charge is -2.10. The number of aromatic nitrogens is 6. The average molecular weight is 361 g/mol. The van der Waals surface area contributed by atoms with Gasteiger partial charge in [0.25, 0.3) is 0 Å². The Bertz CT molecular complexity index is 956. The minimum absolute atomic E-state index is 0.189. The lowest BCUT2D eigenvalue weighted by atomic mass is 10.2. The van der Waals surface area contributed by atoms with Crippen molar-refractivity contribution in [2.24, 2.45) is 0 Å². The van der Waals surface area contributed by atoms with Gasteiger partial charge in [-0.1, -0.05) is 17.7 Å². The number of tetrazole rings is 1. The van der Waals surface area contributed by atoms with Gasteiger partial charge in [0, 0.05) is 12.6 Å². The van der Waals surface area contributed by atoms with Gasteiger partial charge in [0.1, 0.15) is 5.75 Å². The lowest BCUT2D eigenvalue weighted by Crippen LogP contribution is -2.25. The van der Waals surface area contributed by atoms with Crippen molar-refractivity contribution in [3.05, 3.63) is 51.5 Å². The second kappa shape index (κ2) is 6.36. The molecule has 130 valence electrons. The summed E-state index contributed by atoms with van der Waals surface area (Å²) in [7, 11) is 0. The molecule has 1 fully saturated rings. The fourth-order valence-corrected chi connectivity index (χ4v) is 2.83. The van der Waals surface area contributed by atoms with E-state index in [4.69, 9.17) is 16.3 Å². The Morgan fingerprint density at radius 3 is 2.80 bits per heavy atom. The van der Waals surface area contributed by atoms with Crippen LogP contribution in [-0.4, -0.2) is 29.6 Å². The van der Waals surface area contributed by atoms with Gasteiger partial charge >= 0.3 is 5.69 Å². The summed E-state index contributed by atoms with van der Waals surface area (Å²) in [6.45, 7) is 3.01. The highest BCUT2D eigenvalue weighted by molar-refractivity contribution is 6.32. The summed E-state index contributed by atoms with van der Waals surface area (Å²) < 4.78 is 10.3. The molecule has 0 amide bonds. The van der Waals surface area contributed by atoms with E-state index in [0.717, 1.165) is 18.4 Å². The first-order valence-corrected chi connectivity index (χ1v) is 8.54. The maximum atomic E-state index is 12.2. The third kappa shape index (κ3) is 3.17. The van der Waals surface area contributed by atoms with Crippen molar-refractivity contribution in [3.8, 4) is 11.6 Å². The van der Waals surface area contributed by atoms with Crippen LogP contribution >= 0.6 is 11.6 Å². The summed E-state index contributed by atoms with van der Waals surface area (Å²) in [5.74, 6) is 1.16. The highest BCUT2D eigenvalue weighted by Crippen LogP contribution is 2.32. The fraction of sp³-hybridized carbons (Fsp3) is 0.375. The van der Waals surface area contributed by atoms with Crippen LogP contribution in [0.3, 0.4) is 0 Å². The van der Waals surface area contributed by atoms with E-state index >= 15 is 0 Å². The zero-order chi connectivity index (χ0) is 17.4. The van der Waals surface area contributed by atoms with E-state index in [2.05, 4.69) is 15.5 Å². The molecule has 0 N–H and O–H groups in total. The molecule has 1 aromatic carbocycles. The van der Waals surface area contributed by atoms with E-state index < -0.39 is 0 Å². The Morgan fingerprint density at radius 2 is 2.08 bits per heavy atom. The molecule has 0 aliphatic heterocycles. The fourth-order valence-electron chi connectivity index (χ4n) is 2.59. The van der Waals surface area contributed by atoms with Gasteiger partial charge in [-0.05, 0) is 47.9 Å². The number of nitrogens with zero attached hydrogens (tertiary/aromatic N) is 6. The predicted molar refractivity (Wildman–Crippen MR) is 91.1 cm³/mol. The molecule has 25 heavy (non-hydrogen) atoms. The van der Waals surface area contributed by atoms with Crippen LogP contribution in [0.15, 0.2) is 35.3 Å². The highest BCUT2D eigenvalue weighted by atomic mass is 35.5. The molecular weight excluding hydrogens is 344 g/mol. The van der Waals surface area contributed by atoms with Crippen molar-refractivity contribution in [2.45, 2.75) is 38.9 Å². The van der Waals surface area contributed by atoms with E-state index in [-0.39, 0.29) is 11.7 Å². The van der Waals surface area contributed by atoms with Crippen LogP contribution in [0.25, 0.3) is 0 Å². The van der Waals surface area contributed by atoms with Gasteiger partial charge in [-0.15, -0.1) is 0 Å². The molecule has 0 radical (unpaired) electrons. The Hall–Kier alpha value is -2.61. The van der Waals surface area contributed by atoms with Crippen LogP contribution < -0.4 is 10.4 Å². The smallest absolute Gasteiger partial charge is 0.364 e. The number of aryl methyl sites for hydroxylation is 1. The lowest BCUT2D eigenvalue weighted by molar-refractivity contribution is 0.417. The third-order valence-electron chi connectivity index (χ3n) is 4.07. The first-order valence-electron chi connectivity index (χ1n) is 8.16. The summed E-state index contributed by atoms with van der Waals surface area (Å²) >= 11 is 6.33. The summed E-state index contributed by atoms with van der Waals surface area (Å²) in [5, 5.41) is 12.5. The van der Waals surface area contributed by atoms with Crippen LogP contribution in [0.1, 0.15) is 31.4 Å². The van der Waals surface area contributed by atoms with E-state index in [0.29, 0.717) is 29.7 Å². The number of halogens is 1. The van der Waals surface area contributed by atoms with Crippen molar-refractivity contribution >= 4 is 11.6 Å². The number of hydrogen-bond donors (Lipinski definition) is 0. The number of hydrogen-bond acceptors (Lipinski definition) is 5. The molecule has 1 aliphatic rings. The van der Waals surface area contributed by atoms with Crippen LogP contribution in [0.5, 0.6) is 11.6 Å². The summed E-state index contributed by atoms with van der Waals surface area (Å²) in [6.07, 6.45) is 3.66. The highest BCUT2D eigenvalue weighted by Gasteiger charge is 2.27. The minimum Gasteiger partial charge on any atom is -0.438 e. The van der Waals surface area contributed by atoms with Crippen LogP contribution in [-0.2, 0) is 13.1 Å². The molecule has 1 saturated carbocycles. The van der Waals surface area contributed by atoms with Crippen molar-refractivity contribution < 1.29 is 4.74 Å². The number of rotatable bonds is 6. The van der Waals surface area contributed by atoms with Gasteiger partial charge in [-0.3, -0.25) is 0 Å². The molecule has 0 spiro atoms. The third-order valence-corrected chi connectivity index (χ3v) is 4.37. The molecule has 9 heteroatoms. The number of benzene rings is 1. The maximum absolute atomic E-state index is 12.2. The molecule has 2 aromatic heterocycles. The van der Waals surface area contributed by atoms with Crippen molar-refractivity contribution in [3.63, 3.8) is 0 Å². The number of ether oxygens (including phenoxy) is 1. The van der Waals surface area contributed by atoms with Crippen molar-refractivity contribution in [1.82, 2.24) is 29.6 Å². The molecule has 8 nitrogen and oxygen atoms in total. The Morgan fingerprint density at radius 1 is 1.24 bits per heavy atom.